The highest BCUT2D eigenvalue weighted by atomic mass is 79.9. The van der Waals surface area contributed by atoms with Crippen molar-refractivity contribution in [1.29, 1.82) is 0 Å². The van der Waals surface area contributed by atoms with Crippen LogP contribution in [0.2, 0.25) is 5.02 Å². The third kappa shape index (κ3) is 6.07. The summed E-state index contributed by atoms with van der Waals surface area (Å²) in [4.78, 5) is 33.0. The number of benzene rings is 4. The van der Waals surface area contributed by atoms with Gasteiger partial charge in [0, 0.05) is 16.1 Å². The number of carbonyl (C=O) groups is 1. The van der Waals surface area contributed by atoms with Gasteiger partial charge in [-0.25, -0.2) is 9.79 Å². The zero-order valence-electron chi connectivity index (χ0n) is 25.0. The maximum atomic E-state index is 14.3. The van der Waals surface area contributed by atoms with E-state index in [1.165, 1.54) is 11.3 Å². The summed E-state index contributed by atoms with van der Waals surface area (Å²) in [5.41, 5.74) is 2.80. The molecule has 0 radical (unpaired) electrons. The molecule has 46 heavy (non-hydrogen) atoms. The average molecular weight is 783 g/mol. The lowest BCUT2D eigenvalue weighted by molar-refractivity contribution is -0.139. The third-order valence-corrected chi connectivity index (χ3v) is 10.1. The summed E-state index contributed by atoms with van der Waals surface area (Å²) in [6.45, 7) is 3.99. The second kappa shape index (κ2) is 13.6. The number of aromatic nitrogens is 1. The van der Waals surface area contributed by atoms with Crippen molar-refractivity contribution in [3.63, 3.8) is 0 Å². The van der Waals surface area contributed by atoms with Crippen LogP contribution in [0.15, 0.2) is 103 Å². The van der Waals surface area contributed by atoms with Gasteiger partial charge in [-0.15, -0.1) is 0 Å². The largest absolute Gasteiger partial charge is 0.496 e. The van der Waals surface area contributed by atoms with E-state index in [0.29, 0.717) is 51.6 Å². The molecule has 0 fully saturated rings. The molecule has 1 aromatic heterocycles. The van der Waals surface area contributed by atoms with Gasteiger partial charge in [0.1, 0.15) is 24.1 Å². The Hall–Kier alpha value is -3.70. The molecule has 0 unspecified atom stereocenters. The fraction of sp³-hybridized carbons (Fsp3) is 0.171. The summed E-state index contributed by atoms with van der Waals surface area (Å²) >= 11 is 14.8. The molecule has 1 aliphatic rings. The normalized spacial score (nSPS) is 14.7. The van der Waals surface area contributed by atoms with Crippen molar-refractivity contribution in [3.8, 4) is 11.5 Å². The highest BCUT2D eigenvalue weighted by molar-refractivity contribution is 9.11. The average Bonchev–Trinajstić information content (AvgIpc) is 3.34. The van der Waals surface area contributed by atoms with E-state index in [2.05, 4.69) is 31.9 Å². The molecule has 1 aliphatic heterocycles. The van der Waals surface area contributed by atoms with Crippen molar-refractivity contribution in [1.82, 2.24) is 4.57 Å². The van der Waals surface area contributed by atoms with Gasteiger partial charge in [-0.05, 0) is 92.4 Å². The topological polar surface area (TPSA) is 79.1 Å². The first-order valence-electron chi connectivity index (χ1n) is 14.3. The number of allylic oxidation sites excluding steroid dienone is 1. The number of thiazole rings is 1. The first-order chi connectivity index (χ1) is 22.2. The van der Waals surface area contributed by atoms with E-state index < -0.39 is 12.0 Å². The van der Waals surface area contributed by atoms with Crippen molar-refractivity contribution >= 4 is 77.6 Å². The maximum absolute atomic E-state index is 14.3. The monoisotopic (exact) mass is 780 g/mol. The molecule has 0 amide bonds. The number of nitrogens with zero attached hydrogens (tertiary/aromatic N) is 2. The summed E-state index contributed by atoms with van der Waals surface area (Å²) in [6.07, 6.45) is 1.80. The van der Waals surface area contributed by atoms with Gasteiger partial charge in [-0.1, -0.05) is 71.5 Å². The minimum atomic E-state index is -0.822. The predicted molar refractivity (Wildman–Crippen MR) is 189 cm³/mol. The molecule has 0 bridgehead atoms. The molecule has 2 heterocycles. The van der Waals surface area contributed by atoms with E-state index in [1.807, 2.05) is 72.8 Å². The fourth-order valence-electron chi connectivity index (χ4n) is 5.52. The Morgan fingerprint density at radius 3 is 2.50 bits per heavy atom. The molecule has 4 aromatic carbocycles. The van der Waals surface area contributed by atoms with Crippen molar-refractivity contribution in [2.45, 2.75) is 26.5 Å². The summed E-state index contributed by atoms with van der Waals surface area (Å²) in [5, 5.41) is 2.44. The Morgan fingerprint density at radius 1 is 1.07 bits per heavy atom. The van der Waals surface area contributed by atoms with Gasteiger partial charge in [0.2, 0.25) is 0 Å². The summed E-state index contributed by atoms with van der Waals surface area (Å²) in [5.74, 6) is 0.629. The van der Waals surface area contributed by atoms with Crippen LogP contribution in [0.4, 0.5) is 0 Å². The minimum Gasteiger partial charge on any atom is -0.496 e. The molecule has 234 valence electrons. The molecule has 11 heteroatoms. The third-order valence-electron chi connectivity index (χ3n) is 7.59. The summed E-state index contributed by atoms with van der Waals surface area (Å²) in [6, 6.07) is 22.1. The highest BCUT2D eigenvalue weighted by Crippen LogP contribution is 2.40. The first kappa shape index (κ1) is 32.2. The second-order valence-electron chi connectivity index (χ2n) is 10.4. The zero-order chi connectivity index (χ0) is 32.5. The van der Waals surface area contributed by atoms with Crippen LogP contribution in [0.1, 0.15) is 36.6 Å². The Bertz CT molecular complexity index is 2200. The van der Waals surface area contributed by atoms with E-state index in [1.54, 1.807) is 31.6 Å². The maximum Gasteiger partial charge on any atom is 0.338 e. The molecule has 0 N–H and O–H groups in total. The van der Waals surface area contributed by atoms with Crippen molar-refractivity contribution < 1.29 is 19.0 Å². The molecule has 1 atom stereocenters. The predicted octanol–water partition coefficient (Wildman–Crippen LogP) is 7.72. The second-order valence-corrected chi connectivity index (χ2v) is 13.5. The van der Waals surface area contributed by atoms with Crippen LogP contribution in [-0.4, -0.2) is 24.3 Å². The molecule has 6 rings (SSSR count). The van der Waals surface area contributed by atoms with E-state index in [4.69, 9.17) is 30.8 Å². The van der Waals surface area contributed by atoms with Crippen LogP contribution in [0, 0.1) is 0 Å². The first-order valence-corrected chi connectivity index (χ1v) is 17.1. The van der Waals surface area contributed by atoms with Gasteiger partial charge >= 0.3 is 5.97 Å². The highest BCUT2D eigenvalue weighted by Gasteiger charge is 2.36. The summed E-state index contributed by atoms with van der Waals surface area (Å²) < 4.78 is 20.8. The van der Waals surface area contributed by atoms with Crippen LogP contribution < -0.4 is 24.4 Å². The number of esters is 1. The standard InChI is InChI=1S/C35H27Br2ClN2O5S/c1-4-44-34(42)29-19(2)39-35-40(31(29)30-23-11-7-5-9-21(23)13-14-27(30)43-3)33(41)28(46-35)17-20-15-24(36)32(25(37)16-20)45-18-22-10-6-8-12-26(22)38/h5-17,31H,4,18H2,1-3H3/b28-17-/t31-/m1/s1. The number of hydrogen-bond donors (Lipinski definition) is 0. The van der Waals surface area contributed by atoms with Crippen molar-refractivity contribution in [3.05, 3.63) is 134 Å². The minimum absolute atomic E-state index is 0.182. The van der Waals surface area contributed by atoms with E-state index in [-0.39, 0.29) is 18.8 Å². The Morgan fingerprint density at radius 2 is 1.78 bits per heavy atom. The van der Waals surface area contributed by atoms with Crippen LogP contribution in [0.3, 0.4) is 0 Å². The Kier molecular flexibility index (Phi) is 9.52. The number of hydrogen-bond acceptors (Lipinski definition) is 7. The Balaban J connectivity index is 1.49. The van der Waals surface area contributed by atoms with Gasteiger partial charge in [0.25, 0.3) is 5.56 Å². The quantitative estimate of drug-likeness (QED) is 0.151. The molecule has 0 aliphatic carbocycles. The number of fused-ring (bicyclic) bond motifs is 2. The fourth-order valence-corrected chi connectivity index (χ4v) is 8.21. The number of halogens is 3. The lowest BCUT2D eigenvalue weighted by atomic mass is 9.90. The van der Waals surface area contributed by atoms with Crippen LogP contribution in [-0.2, 0) is 16.1 Å². The smallest absolute Gasteiger partial charge is 0.338 e. The molecule has 0 saturated carbocycles. The van der Waals surface area contributed by atoms with E-state index in [0.717, 1.165) is 21.9 Å². The SMILES string of the molecule is CCOC(=O)C1=C(C)N=c2s/c(=C\c3cc(Br)c(OCc4ccccc4Cl)c(Br)c3)c(=O)n2[C@H]1c1c(OC)ccc2ccccc12. The number of rotatable bonds is 8. The molecular formula is C35H27Br2ClN2O5S. The van der Waals surface area contributed by atoms with Gasteiger partial charge in [-0.3, -0.25) is 9.36 Å². The van der Waals surface area contributed by atoms with Gasteiger partial charge in [0.05, 0.1) is 38.5 Å². The van der Waals surface area contributed by atoms with Crippen LogP contribution in [0.25, 0.3) is 16.8 Å². The lowest BCUT2D eigenvalue weighted by Crippen LogP contribution is -2.40. The van der Waals surface area contributed by atoms with Crippen LogP contribution >= 0.6 is 54.8 Å². The lowest BCUT2D eigenvalue weighted by Gasteiger charge is -2.27. The molecule has 5 aromatic rings. The van der Waals surface area contributed by atoms with Crippen molar-refractivity contribution in [2.24, 2.45) is 4.99 Å². The molecule has 0 saturated heterocycles. The molecular weight excluding hydrogens is 756 g/mol. The zero-order valence-corrected chi connectivity index (χ0v) is 29.7. The van der Waals surface area contributed by atoms with E-state index >= 15 is 0 Å². The Labute approximate surface area is 290 Å². The van der Waals surface area contributed by atoms with Gasteiger partial charge < -0.3 is 14.2 Å². The van der Waals surface area contributed by atoms with Gasteiger partial charge in [-0.2, -0.15) is 0 Å². The van der Waals surface area contributed by atoms with Gasteiger partial charge in [0.15, 0.2) is 4.80 Å². The van der Waals surface area contributed by atoms with Crippen LogP contribution in [0.5, 0.6) is 11.5 Å². The summed E-state index contributed by atoms with van der Waals surface area (Å²) in [7, 11) is 1.58. The van der Waals surface area contributed by atoms with Crippen molar-refractivity contribution in [2.75, 3.05) is 13.7 Å². The number of ether oxygens (including phenoxy) is 3. The number of carbonyl (C=O) groups excluding carboxylic acids is 1. The van der Waals surface area contributed by atoms with E-state index in [9.17, 15) is 9.59 Å². The molecule has 7 nitrogen and oxygen atoms in total. The molecule has 0 spiro atoms. The number of methoxy groups -OCH3 is 1.